The molecule has 1 atom stereocenters. The molecule has 1 rings (SSSR count). The first-order valence-electron chi connectivity index (χ1n) is 4.78. The molecule has 15 heavy (non-hydrogen) atoms. The van der Waals surface area contributed by atoms with Gasteiger partial charge in [-0.05, 0) is 18.1 Å². The van der Waals surface area contributed by atoms with Gasteiger partial charge in [-0.2, -0.15) is 0 Å². The van der Waals surface area contributed by atoms with Crippen LogP contribution in [0.5, 0.6) is 0 Å². The van der Waals surface area contributed by atoms with Crippen molar-refractivity contribution in [3.05, 3.63) is 42.0 Å². The number of hydrogen-bond donors (Lipinski definition) is 2. The van der Waals surface area contributed by atoms with Crippen LogP contribution in [0.1, 0.15) is 18.9 Å². The van der Waals surface area contributed by atoms with Gasteiger partial charge in [0.1, 0.15) is 0 Å². The molecule has 0 aromatic heterocycles. The number of hydrogen-bond acceptors (Lipinski definition) is 2. The maximum Gasteiger partial charge on any atom is 0.339 e. The Labute approximate surface area is 88.7 Å². The first-order chi connectivity index (χ1) is 7.08. The second-order valence-corrected chi connectivity index (χ2v) is 3.33. The van der Waals surface area contributed by atoms with E-state index >= 15 is 0 Å². The van der Waals surface area contributed by atoms with Crippen LogP contribution in [0, 0.1) is 0 Å². The molecule has 3 nitrogen and oxygen atoms in total. The van der Waals surface area contributed by atoms with E-state index in [-0.39, 0.29) is 6.42 Å². The van der Waals surface area contributed by atoms with Crippen LogP contribution in [0.15, 0.2) is 36.4 Å². The zero-order valence-electron chi connectivity index (χ0n) is 8.55. The Hall–Kier alpha value is -1.61. The average Bonchev–Trinajstić information content (AvgIpc) is 2.27. The van der Waals surface area contributed by atoms with E-state index in [9.17, 15) is 9.90 Å². The van der Waals surface area contributed by atoms with Crippen molar-refractivity contribution in [3.8, 4) is 0 Å². The van der Waals surface area contributed by atoms with Crippen LogP contribution in [-0.4, -0.2) is 21.8 Å². The summed E-state index contributed by atoms with van der Waals surface area (Å²) < 4.78 is 0. The van der Waals surface area contributed by atoms with Gasteiger partial charge in [-0.25, -0.2) is 4.79 Å². The van der Waals surface area contributed by atoms with E-state index in [0.717, 1.165) is 5.56 Å². The molecule has 0 spiro atoms. The van der Waals surface area contributed by atoms with Gasteiger partial charge in [-0.3, -0.25) is 0 Å². The van der Waals surface area contributed by atoms with Crippen LogP contribution in [0.2, 0.25) is 0 Å². The Balaban J connectivity index is 2.85. The Morgan fingerprint density at radius 2 is 2.00 bits per heavy atom. The Kier molecular flexibility index (Phi) is 3.63. The van der Waals surface area contributed by atoms with Crippen molar-refractivity contribution in [2.75, 3.05) is 0 Å². The fraction of sp³-hybridized carbons (Fsp3) is 0.250. The first kappa shape index (κ1) is 11.5. The SMILES string of the molecule is CCC(O)(C=Cc1ccccc1)C(=O)O. The van der Waals surface area contributed by atoms with E-state index in [1.807, 2.05) is 30.3 Å². The zero-order chi connectivity index (χ0) is 11.3. The number of aliphatic hydroxyl groups is 1. The number of benzene rings is 1. The molecule has 0 aliphatic carbocycles. The second kappa shape index (κ2) is 4.75. The van der Waals surface area contributed by atoms with Crippen molar-refractivity contribution in [3.63, 3.8) is 0 Å². The van der Waals surface area contributed by atoms with Crippen molar-refractivity contribution >= 4 is 12.0 Å². The molecule has 0 bridgehead atoms. The zero-order valence-corrected chi connectivity index (χ0v) is 8.55. The van der Waals surface area contributed by atoms with Crippen molar-refractivity contribution < 1.29 is 15.0 Å². The lowest BCUT2D eigenvalue weighted by atomic mass is 9.99. The molecule has 0 aliphatic rings. The molecule has 0 aliphatic heterocycles. The van der Waals surface area contributed by atoms with Crippen LogP contribution in [0.4, 0.5) is 0 Å². The lowest BCUT2D eigenvalue weighted by molar-refractivity contribution is -0.153. The minimum Gasteiger partial charge on any atom is -0.479 e. The maximum absolute atomic E-state index is 10.8. The lowest BCUT2D eigenvalue weighted by Gasteiger charge is -2.16. The van der Waals surface area contributed by atoms with Crippen LogP contribution in [0.3, 0.4) is 0 Å². The molecule has 0 heterocycles. The van der Waals surface area contributed by atoms with E-state index in [0.29, 0.717) is 0 Å². The molecule has 0 saturated carbocycles. The van der Waals surface area contributed by atoms with E-state index in [1.165, 1.54) is 6.08 Å². The summed E-state index contributed by atoms with van der Waals surface area (Å²) in [5.74, 6) is -1.22. The molecular formula is C12H14O3. The maximum atomic E-state index is 10.8. The minimum absolute atomic E-state index is 0.145. The van der Waals surface area contributed by atoms with Gasteiger partial charge in [-0.1, -0.05) is 43.3 Å². The Morgan fingerprint density at radius 1 is 1.40 bits per heavy atom. The van der Waals surface area contributed by atoms with Crippen LogP contribution < -0.4 is 0 Å². The largest absolute Gasteiger partial charge is 0.479 e. The molecular weight excluding hydrogens is 192 g/mol. The second-order valence-electron chi connectivity index (χ2n) is 3.33. The molecule has 80 valence electrons. The molecule has 0 amide bonds. The highest BCUT2D eigenvalue weighted by Crippen LogP contribution is 2.14. The molecule has 1 aromatic carbocycles. The van der Waals surface area contributed by atoms with Gasteiger partial charge < -0.3 is 10.2 Å². The predicted octanol–water partition coefficient (Wildman–Crippen LogP) is 1.93. The minimum atomic E-state index is -1.77. The summed E-state index contributed by atoms with van der Waals surface area (Å²) in [6.45, 7) is 1.63. The highest BCUT2D eigenvalue weighted by molar-refractivity contribution is 5.81. The van der Waals surface area contributed by atoms with Gasteiger partial charge in [-0.15, -0.1) is 0 Å². The molecule has 0 radical (unpaired) electrons. The van der Waals surface area contributed by atoms with Crippen LogP contribution in [-0.2, 0) is 4.79 Å². The monoisotopic (exact) mass is 206 g/mol. The van der Waals surface area contributed by atoms with E-state index in [4.69, 9.17) is 5.11 Å². The lowest BCUT2D eigenvalue weighted by Crippen LogP contribution is -2.35. The summed E-state index contributed by atoms with van der Waals surface area (Å²) in [6.07, 6.45) is 3.06. The standard InChI is InChI=1S/C12H14O3/c1-2-12(15,11(13)14)9-8-10-6-4-3-5-7-10/h3-9,15H,2H2,1H3,(H,13,14). The van der Waals surface area contributed by atoms with Gasteiger partial charge >= 0.3 is 5.97 Å². The molecule has 0 fully saturated rings. The van der Waals surface area contributed by atoms with Gasteiger partial charge in [0.05, 0.1) is 0 Å². The number of rotatable bonds is 4. The average molecular weight is 206 g/mol. The third kappa shape index (κ3) is 2.92. The van der Waals surface area contributed by atoms with Gasteiger partial charge in [0, 0.05) is 0 Å². The number of carboxylic acid groups (broad SMARTS) is 1. The van der Waals surface area contributed by atoms with Crippen molar-refractivity contribution in [1.82, 2.24) is 0 Å². The smallest absolute Gasteiger partial charge is 0.339 e. The van der Waals surface area contributed by atoms with Gasteiger partial charge in [0.15, 0.2) is 5.60 Å². The van der Waals surface area contributed by atoms with Crippen molar-refractivity contribution in [1.29, 1.82) is 0 Å². The number of aliphatic carboxylic acids is 1. The number of carbonyl (C=O) groups is 1. The summed E-state index contributed by atoms with van der Waals surface area (Å²) in [6, 6.07) is 9.26. The predicted molar refractivity (Wildman–Crippen MR) is 58.4 cm³/mol. The normalized spacial score (nSPS) is 15.1. The van der Waals surface area contributed by atoms with Crippen LogP contribution in [0.25, 0.3) is 6.08 Å². The quantitative estimate of drug-likeness (QED) is 0.791. The Bertz CT molecular complexity index is 356. The summed E-state index contributed by atoms with van der Waals surface area (Å²) in [5.41, 5.74) is -0.902. The van der Waals surface area contributed by atoms with E-state index in [1.54, 1.807) is 13.0 Å². The highest BCUT2D eigenvalue weighted by atomic mass is 16.4. The molecule has 0 saturated heterocycles. The van der Waals surface area contributed by atoms with E-state index in [2.05, 4.69) is 0 Å². The summed E-state index contributed by atoms with van der Waals surface area (Å²) >= 11 is 0. The van der Waals surface area contributed by atoms with Crippen LogP contribution >= 0.6 is 0 Å². The Morgan fingerprint density at radius 3 is 2.47 bits per heavy atom. The fourth-order valence-corrected chi connectivity index (χ4v) is 1.14. The van der Waals surface area contributed by atoms with Crippen molar-refractivity contribution in [2.45, 2.75) is 18.9 Å². The van der Waals surface area contributed by atoms with Gasteiger partial charge in [0.2, 0.25) is 0 Å². The highest BCUT2D eigenvalue weighted by Gasteiger charge is 2.30. The number of carboxylic acids is 1. The topological polar surface area (TPSA) is 57.5 Å². The summed E-state index contributed by atoms with van der Waals surface area (Å²) in [5, 5.41) is 18.5. The van der Waals surface area contributed by atoms with E-state index < -0.39 is 11.6 Å². The third-order valence-corrected chi connectivity index (χ3v) is 2.26. The molecule has 2 N–H and O–H groups in total. The van der Waals surface area contributed by atoms with Gasteiger partial charge in [0.25, 0.3) is 0 Å². The third-order valence-electron chi connectivity index (χ3n) is 2.26. The molecule has 1 aromatic rings. The molecule has 3 heteroatoms. The van der Waals surface area contributed by atoms with Crippen molar-refractivity contribution in [2.24, 2.45) is 0 Å². The molecule has 1 unspecified atom stereocenters. The summed E-state index contributed by atoms with van der Waals surface area (Å²) in [4.78, 5) is 10.8. The summed E-state index contributed by atoms with van der Waals surface area (Å²) in [7, 11) is 0. The fourth-order valence-electron chi connectivity index (χ4n) is 1.14. The first-order valence-corrected chi connectivity index (χ1v) is 4.78.